The number of aryl methyl sites for hydroxylation is 1. The molecule has 1 atom stereocenters. The van der Waals surface area contributed by atoms with Crippen LogP contribution < -0.4 is 0 Å². The average molecular weight is 383 g/mol. The summed E-state index contributed by atoms with van der Waals surface area (Å²) in [7, 11) is 0. The van der Waals surface area contributed by atoms with Gasteiger partial charge in [0.25, 0.3) is 5.91 Å². The van der Waals surface area contributed by atoms with E-state index >= 15 is 0 Å². The third-order valence-electron chi connectivity index (χ3n) is 6.19. The lowest BCUT2D eigenvalue weighted by molar-refractivity contribution is 0.0643. The molecular weight excluding hydrogens is 352 g/mol. The fraction of sp³-hybridized carbons (Fsp3) is 0.522. The van der Waals surface area contributed by atoms with Gasteiger partial charge in [-0.05, 0) is 48.8 Å². The largest absolute Gasteiger partial charge is 0.335 e. The Kier molecular flexibility index (Phi) is 5.94. The second-order valence-corrected chi connectivity index (χ2v) is 9.08. The summed E-state index contributed by atoms with van der Waals surface area (Å²) in [5, 5.41) is 0. The summed E-state index contributed by atoms with van der Waals surface area (Å²) in [5.74, 6) is 1.06. The highest BCUT2D eigenvalue weighted by molar-refractivity contribution is 7.14. The van der Waals surface area contributed by atoms with E-state index in [9.17, 15) is 4.79 Å². The van der Waals surface area contributed by atoms with Gasteiger partial charge in [-0.15, -0.1) is 11.3 Å². The Bertz CT molecular complexity index is 762. The molecule has 1 saturated heterocycles. The fourth-order valence-corrected chi connectivity index (χ4v) is 5.49. The topological polar surface area (TPSA) is 23.6 Å². The molecular formula is C23H30N2OS. The van der Waals surface area contributed by atoms with Gasteiger partial charge in [0.2, 0.25) is 0 Å². The highest BCUT2D eigenvalue weighted by Crippen LogP contribution is 2.34. The van der Waals surface area contributed by atoms with Crippen molar-refractivity contribution in [2.24, 2.45) is 5.92 Å². The Morgan fingerprint density at radius 3 is 2.67 bits per heavy atom. The molecule has 0 bridgehead atoms. The van der Waals surface area contributed by atoms with Gasteiger partial charge in [-0.3, -0.25) is 9.69 Å². The van der Waals surface area contributed by atoms with E-state index in [1.807, 2.05) is 0 Å². The van der Waals surface area contributed by atoms with Crippen molar-refractivity contribution in [2.45, 2.75) is 39.0 Å². The molecule has 2 aliphatic rings. The van der Waals surface area contributed by atoms with Crippen molar-refractivity contribution in [3.8, 4) is 0 Å². The molecule has 1 unspecified atom stereocenters. The minimum Gasteiger partial charge on any atom is -0.335 e. The van der Waals surface area contributed by atoms with Crippen LogP contribution in [0.15, 0.2) is 36.4 Å². The van der Waals surface area contributed by atoms with E-state index in [4.69, 9.17) is 0 Å². The van der Waals surface area contributed by atoms with Gasteiger partial charge in [0.05, 0.1) is 4.88 Å². The van der Waals surface area contributed by atoms with Crippen LogP contribution in [-0.2, 0) is 19.3 Å². The summed E-state index contributed by atoms with van der Waals surface area (Å²) in [4.78, 5) is 20.0. The summed E-state index contributed by atoms with van der Waals surface area (Å²) in [6, 6.07) is 12.9. The summed E-state index contributed by atoms with van der Waals surface area (Å²) < 4.78 is 0. The third kappa shape index (κ3) is 4.44. The van der Waals surface area contributed by atoms with Crippen molar-refractivity contribution < 1.29 is 4.79 Å². The lowest BCUT2D eigenvalue weighted by atomic mass is 9.87. The van der Waals surface area contributed by atoms with Gasteiger partial charge in [-0.25, -0.2) is 0 Å². The quantitative estimate of drug-likeness (QED) is 0.771. The first-order valence-corrected chi connectivity index (χ1v) is 11.2. The van der Waals surface area contributed by atoms with Crippen LogP contribution in [0.4, 0.5) is 0 Å². The zero-order valence-electron chi connectivity index (χ0n) is 16.3. The Labute approximate surface area is 167 Å². The van der Waals surface area contributed by atoms with Gasteiger partial charge in [0.15, 0.2) is 0 Å². The number of benzene rings is 1. The van der Waals surface area contributed by atoms with Crippen LogP contribution in [-0.4, -0.2) is 48.4 Å². The van der Waals surface area contributed by atoms with Gasteiger partial charge in [-0.2, -0.15) is 0 Å². The normalized spacial score (nSPS) is 20.5. The van der Waals surface area contributed by atoms with Crippen molar-refractivity contribution in [1.29, 1.82) is 0 Å². The molecule has 0 N–H and O–H groups in total. The number of thiophene rings is 1. The van der Waals surface area contributed by atoms with E-state index in [1.165, 1.54) is 41.7 Å². The average Bonchev–Trinajstić information content (AvgIpc) is 3.16. The molecule has 0 saturated carbocycles. The number of fused-ring (bicyclic) bond motifs is 1. The predicted octanol–water partition coefficient (Wildman–Crippen LogP) is 4.26. The van der Waals surface area contributed by atoms with Crippen LogP contribution in [0.3, 0.4) is 0 Å². The minimum absolute atomic E-state index is 0.255. The highest BCUT2D eigenvalue weighted by atomic mass is 32.1. The van der Waals surface area contributed by atoms with E-state index in [0.717, 1.165) is 49.9 Å². The van der Waals surface area contributed by atoms with Crippen LogP contribution in [0.2, 0.25) is 0 Å². The molecule has 4 rings (SSSR count). The van der Waals surface area contributed by atoms with Gasteiger partial charge < -0.3 is 4.90 Å². The molecule has 1 aliphatic heterocycles. The van der Waals surface area contributed by atoms with Crippen LogP contribution in [0.1, 0.15) is 45.4 Å². The molecule has 1 aliphatic carbocycles. The van der Waals surface area contributed by atoms with E-state index in [2.05, 4.69) is 53.1 Å². The molecule has 1 fully saturated rings. The lowest BCUT2D eigenvalue weighted by Crippen LogP contribution is -2.49. The Morgan fingerprint density at radius 2 is 1.93 bits per heavy atom. The van der Waals surface area contributed by atoms with Gasteiger partial charge in [0, 0.05) is 37.6 Å². The number of carbonyl (C=O) groups is 1. The number of hydrogen-bond acceptors (Lipinski definition) is 3. The van der Waals surface area contributed by atoms with Crippen molar-refractivity contribution in [1.82, 2.24) is 9.80 Å². The molecule has 0 radical (unpaired) electrons. The maximum absolute atomic E-state index is 13.0. The molecule has 1 aromatic heterocycles. The molecule has 27 heavy (non-hydrogen) atoms. The fourth-order valence-electron chi connectivity index (χ4n) is 4.32. The molecule has 1 aromatic carbocycles. The number of piperazine rings is 1. The maximum Gasteiger partial charge on any atom is 0.264 e. The molecule has 144 valence electrons. The SMILES string of the molecule is CCC1CCc2sc(C(=O)N3CCN(CCc4ccccc4)CC3)cc2C1. The molecule has 2 heterocycles. The molecule has 3 nitrogen and oxygen atoms in total. The number of carbonyl (C=O) groups excluding carboxylic acids is 1. The number of nitrogens with zero attached hydrogens (tertiary/aromatic N) is 2. The Hall–Kier alpha value is -1.65. The Morgan fingerprint density at radius 1 is 1.15 bits per heavy atom. The molecule has 1 amide bonds. The van der Waals surface area contributed by atoms with Crippen LogP contribution in [0.25, 0.3) is 0 Å². The van der Waals surface area contributed by atoms with E-state index in [1.54, 1.807) is 11.3 Å². The van der Waals surface area contributed by atoms with Crippen LogP contribution in [0.5, 0.6) is 0 Å². The first kappa shape index (κ1) is 18.7. The van der Waals surface area contributed by atoms with Gasteiger partial charge in [0.1, 0.15) is 0 Å². The highest BCUT2D eigenvalue weighted by Gasteiger charge is 2.26. The second-order valence-electron chi connectivity index (χ2n) is 7.95. The maximum atomic E-state index is 13.0. The zero-order valence-corrected chi connectivity index (χ0v) is 17.1. The third-order valence-corrected chi connectivity index (χ3v) is 7.42. The minimum atomic E-state index is 0.255. The van der Waals surface area contributed by atoms with Gasteiger partial charge in [-0.1, -0.05) is 43.7 Å². The smallest absolute Gasteiger partial charge is 0.264 e. The first-order valence-electron chi connectivity index (χ1n) is 10.4. The monoisotopic (exact) mass is 382 g/mol. The second kappa shape index (κ2) is 8.57. The van der Waals surface area contributed by atoms with Crippen molar-refractivity contribution >= 4 is 17.2 Å². The standard InChI is InChI=1S/C23H30N2OS/c1-2-18-8-9-21-20(16-18)17-22(27-21)23(26)25-14-12-24(13-15-25)11-10-19-6-4-3-5-7-19/h3-7,17-18H,2,8-16H2,1H3. The lowest BCUT2D eigenvalue weighted by Gasteiger charge is -2.34. The van der Waals surface area contributed by atoms with Gasteiger partial charge >= 0.3 is 0 Å². The van der Waals surface area contributed by atoms with Crippen molar-refractivity contribution in [3.05, 3.63) is 57.3 Å². The zero-order chi connectivity index (χ0) is 18.6. The molecule has 4 heteroatoms. The number of rotatable bonds is 5. The van der Waals surface area contributed by atoms with Crippen molar-refractivity contribution in [3.63, 3.8) is 0 Å². The summed E-state index contributed by atoms with van der Waals surface area (Å²) >= 11 is 1.75. The molecule has 0 spiro atoms. The summed E-state index contributed by atoms with van der Waals surface area (Å²) in [6.07, 6.45) is 5.97. The predicted molar refractivity (Wildman–Crippen MR) is 113 cm³/mol. The summed E-state index contributed by atoms with van der Waals surface area (Å²) in [6.45, 7) is 7.05. The van der Waals surface area contributed by atoms with E-state index < -0.39 is 0 Å². The number of amides is 1. The van der Waals surface area contributed by atoms with Crippen LogP contribution >= 0.6 is 11.3 Å². The Balaban J connectivity index is 1.29. The summed E-state index contributed by atoms with van der Waals surface area (Å²) in [5.41, 5.74) is 2.84. The number of hydrogen-bond donors (Lipinski definition) is 0. The van der Waals surface area contributed by atoms with Crippen molar-refractivity contribution in [2.75, 3.05) is 32.7 Å². The first-order chi connectivity index (χ1) is 13.2. The van der Waals surface area contributed by atoms with E-state index in [0.29, 0.717) is 0 Å². The van der Waals surface area contributed by atoms with E-state index in [-0.39, 0.29) is 5.91 Å². The molecule has 2 aromatic rings. The van der Waals surface area contributed by atoms with Crippen LogP contribution in [0, 0.1) is 5.92 Å².